The third kappa shape index (κ3) is 2.80. The molecule has 1 amide bonds. The molecule has 2 N–H and O–H groups in total. The van der Waals surface area contributed by atoms with E-state index in [4.69, 9.17) is 0 Å². The molecule has 3 rings (SSSR count). The first-order valence-corrected chi connectivity index (χ1v) is 7.82. The first-order valence-electron chi connectivity index (χ1n) is 6.94. The van der Waals surface area contributed by atoms with Crippen molar-refractivity contribution in [1.82, 2.24) is 19.9 Å². The van der Waals surface area contributed by atoms with Gasteiger partial charge < -0.3 is 10.3 Å². The molecule has 3 heterocycles. The van der Waals surface area contributed by atoms with Crippen molar-refractivity contribution in [2.75, 3.05) is 6.54 Å². The lowest BCUT2D eigenvalue weighted by molar-refractivity contribution is 0.0948. The van der Waals surface area contributed by atoms with Gasteiger partial charge in [0, 0.05) is 24.5 Å². The van der Waals surface area contributed by atoms with Gasteiger partial charge in [0.2, 0.25) is 0 Å². The molecule has 6 nitrogen and oxygen atoms in total. The third-order valence-electron chi connectivity index (χ3n) is 3.45. The molecule has 0 spiro atoms. The Bertz CT molecular complexity index is 862. The molecule has 0 saturated heterocycles. The van der Waals surface area contributed by atoms with Crippen LogP contribution in [0, 0.1) is 13.8 Å². The number of hydrogen-bond acceptors (Lipinski definition) is 4. The molecule has 0 bridgehead atoms. The highest BCUT2D eigenvalue weighted by atomic mass is 32.1. The second kappa shape index (κ2) is 5.76. The summed E-state index contributed by atoms with van der Waals surface area (Å²) in [4.78, 5) is 30.9. The predicted octanol–water partition coefficient (Wildman–Crippen LogP) is 1.83. The van der Waals surface area contributed by atoms with E-state index in [1.54, 1.807) is 22.8 Å². The fraction of sp³-hybridized carbons (Fsp3) is 0.267. The van der Waals surface area contributed by atoms with Gasteiger partial charge in [-0.1, -0.05) is 0 Å². The molecule has 114 valence electrons. The topological polar surface area (TPSA) is 79.8 Å². The zero-order valence-electron chi connectivity index (χ0n) is 12.3. The molecule has 0 atom stereocenters. The van der Waals surface area contributed by atoms with E-state index in [0.717, 1.165) is 15.9 Å². The number of nitrogens with zero attached hydrogens (tertiary/aromatic N) is 2. The van der Waals surface area contributed by atoms with Crippen molar-refractivity contribution in [1.29, 1.82) is 0 Å². The number of rotatable bonds is 4. The molecule has 3 aromatic heterocycles. The van der Waals surface area contributed by atoms with Crippen LogP contribution in [0.2, 0.25) is 0 Å². The third-order valence-corrected chi connectivity index (χ3v) is 4.32. The molecule has 0 unspecified atom stereocenters. The number of carbonyl (C=O) groups is 1. The molecule has 0 saturated carbocycles. The molecular weight excluding hydrogens is 300 g/mol. The highest BCUT2D eigenvalue weighted by Gasteiger charge is 2.10. The SMILES string of the molecule is Cc1cc(C)n(CCNC(=O)c2cc3sccc3[nH]2)c(=O)n1. The minimum absolute atomic E-state index is 0.172. The Kier molecular flexibility index (Phi) is 3.81. The number of aromatic nitrogens is 3. The molecule has 0 aliphatic carbocycles. The molecule has 0 aliphatic rings. The quantitative estimate of drug-likeness (QED) is 0.770. The van der Waals surface area contributed by atoms with Crippen LogP contribution in [0.5, 0.6) is 0 Å². The zero-order chi connectivity index (χ0) is 15.7. The van der Waals surface area contributed by atoms with Gasteiger partial charge >= 0.3 is 5.69 Å². The Morgan fingerprint density at radius 3 is 2.95 bits per heavy atom. The minimum Gasteiger partial charge on any atom is -0.350 e. The van der Waals surface area contributed by atoms with Gasteiger partial charge in [0.25, 0.3) is 5.91 Å². The number of fused-ring (bicyclic) bond motifs is 1. The fourth-order valence-corrected chi connectivity index (χ4v) is 3.18. The summed E-state index contributed by atoms with van der Waals surface area (Å²) in [5.41, 5.74) is 2.76. The van der Waals surface area contributed by atoms with Crippen LogP contribution in [0.1, 0.15) is 21.9 Å². The summed E-state index contributed by atoms with van der Waals surface area (Å²) in [6.07, 6.45) is 0. The second-order valence-electron chi connectivity index (χ2n) is 5.11. The standard InChI is InChI=1S/C15H16N4O2S/c1-9-7-10(2)19(15(21)17-9)5-4-16-14(20)12-8-13-11(18-12)3-6-22-13/h3,6-8,18H,4-5H2,1-2H3,(H,16,20). The van der Waals surface area contributed by atoms with Crippen LogP contribution in [0.4, 0.5) is 0 Å². The van der Waals surface area contributed by atoms with Crippen molar-refractivity contribution in [3.05, 3.63) is 51.1 Å². The van der Waals surface area contributed by atoms with Gasteiger partial charge in [-0.3, -0.25) is 9.36 Å². The average Bonchev–Trinajstić information content (AvgIpc) is 3.02. The Hall–Kier alpha value is -2.41. The normalized spacial score (nSPS) is 11.0. The number of aryl methyl sites for hydroxylation is 2. The largest absolute Gasteiger partial charge is 0.350 e. The van der Waals surface area contributed by atoms with Crippen molar-refractivity contribution in [3.8, 4) is 0 Å². The van der Waals surface area contributed by atoms with Crippen LogP contribution in [0.15, 0.2) is 28.4 Å². The van der Waals surface area contributed by atoms with Crippen LogP contribution in [-0.2, 0) is 6.54 Å². The van der Waals surface area contributed by atoms with E-state index < -0.39 is 0 Å². The van der Waals surface area contributed by atoms with Gasteiger partial charge in [-0.2, -0.15) is 4.98 Å². The van der Waals surface area contributed by atoms with E-state index in [2.05, 4.69) is 15.3 Å². The maximum Gasteiger partial charge on any atom is 0.348 e. The van der Waals surface area contributed by atoms with Crippen molar-refractivity contribution in [2.24, 2.45) is 0 Å². The first-order chi connectivity index (χ1) is 10.5. The number of hydrogen-bond donors (Lipinski definition) is 2. The number of H-pyrrole nitrogens is 1. The lowest BCUT2D eigenvalue weighted by Gasteiger charge is -2.10. The Morgan fingerprint density at radius 2 is 2.23 bits per heavy atom. The van der Waals surface area contributed by atoms with Crippen molar-refractivity contribution < 1.29 is 4.79 Å². The monoisotopic (exact) mass is 316 g/mol. The predicted molar refractivity (Wildman–Crippen MR) is 86.5 cm³/mol. The van der Waals surface area contributed by atoms with Gasteiger partial charge in [0.15, 0.2) is 0 Å². The van der Waals surface area contributed by atoms with Gasteiger partial charge in [0.1, 0.15) is 5.69 Å². The van der Waals surface area contributed by atoms with Crippen LogP contribution >= 0.6 is 11.3 Å². The highest BCUT2D eigenvalue weighted by molar-refractivity contribution is 7.17. The number of thiophene rings is 1. The minimum atomic E-state index is -0.285. The maximum atomic E-state index is 12.1. The Morgan fingerprint density at radius 1 is 1.41 bits per heavy atom. The van der Waals surface area contributed by atoms with Gasteiger partial charge in [-0.15, -0.1) is 11.3 Å². The van der Waals surface area contributed by atoms with Gasteiger partial charge in [-0.05, 0) is 37.4 Å². The van der Waals surface area contributed by atoms with Crippen molar-refractivity contribution in [3.63, 3.8) is 0 Å². The summed E-state index contributed by atoms with van der Waals surface area (Å²) in [7, 11) is 0. The van der Waals surface area contributed by atoms with E-state index in [1.807, 2.05) is 30.5 Å². The summed E-state index contributed by atoms with van der Waals surface area (Å²) in [6, 6.07) is 5.63. The van der Waals surface area contributed by atoms with E-state index in [-0.39, 0.29) is 11.6 Å². The maximum absolute atomic E-state index is 12.1. The number of amides is 1. The summed E-state index contributed by atoms with van der Waals surface area (Å²) >= 11 is 1.59. The number of aromatic amines is 1. The molecule has 0 fully saturated rings. The number of carbonyl (C=O) groups excluding carboxylic acids is 1. The van der Waals surface area contributed by atoms with Crippen molar-refractivity contribution >= 4 is 27.5 Å². The van der Waals surface area contributed by atoms with Gasteiger partial charge in [-0.25, -0.2) is 4.79 Å². The first kappa shape index (κ1) is 14.5. The zero-order valence-corrected chi connectivity index (χ0v) is 13.2. The van der Waals surface area contributed by atoms with Crippen LogP contribution in [-0.4, -0.2) is 27.0 Å². The van der Waals surface area contributed by atoms with E-state index in [1.165, 1.54) is 0 Å². The van der Waals surface area contributed by atoms with Crippen LogP contribution in [0.25, 0.3) is 10.2 Å². The lowest BCUT2D eigenvalue weighted by atomic mass is 10.3. The Labute approximate surface area is 130 Å². The summed E-state index contributed by atoms with van der Waals surface area (Å²) in [5, 5.41) is 4.79. The van der Waals surface area contributed by atoms with Crippen LogP contribution in [0.3, 0.4) is 0 Å². The summed E-state index contributed by atoms with van der Waals surface area (Å²) < 4.78 is 2.61. The van der Waals surface area contributed by atoms with Crippen LogP contribution < -0.4 is 11.0 Å². The van der Waals surface area contributed by atoms with Gasteiger partial charge in [0.05, 0.1) is 10.2 Å². The lowest BCUT2D eigenvalue weighted by Crippen LogP contribution is -2.33. The molecular formula is C15H16N4O2S. The molecule has 0 radical (unpaired) electrons. The molecule has 0 aliphatic heterocycles. The average molecular weight is 316 g/mol. The smallest absolute Gasteiger partial charge is 0.348 e. The molecule has 7 heteroatoms. The second-order valence-corrected chi connectivity index (χ2v) is 6.06. The van der Waals surface area contributed by atoms with Crippen molar-refractivity contribution in [2.45, 2.75) is 20.4 Å². The molecule has 3 aromatic rings. The van der Waals surface area contributed by atoms with E-state index in [0.29, 0.717) is 24.5 Å². The summed E-state index contributed by atoms with van der Waals surface area (Å²) in [5.74, 6) is -0.172. The fourth-order valence-electron chi connectivity index (χ4n) is 2.39. The molecule has 0 aromatic carbocycles. The highest BCUT2D eigenvalue weighted by Crippen LogP contribution is 2.21. The van der Waals surface area contributed by atoms with E-state index in [9.17, 15) is 9.59 Å². The number of nitrogens with one attached hydrogen (secondary N) is 2. The Balaban J connectivity index is 1.64. The molecule has 22 heavy (non-hydrogen) atoms. The summed E-state index contributed by atoms with van der Waals surface area (Å²) in [6.45, 7) is 4.42. The van der Waals surface area contributed by atoms with E-state index >= 15 is 0 Å².